The molecule has 1 unspecified atom stereocenters. The predicted octanol–water partition coefficient (Wildman–Crippen LogP) is 4.76. The normalized spacial score (nSPS) is 12.1. The number of hydrogen-bond donors (Lipinski definition) is 1. The highest BCUT2D eigenvalue weighted by molar-refractivity contribution is 5.29. The molecule has 0 amide bonds. The van der Waals surface area contributed by atoms with Crippen LogP contribution in [-0.4, -0.2) is 13.2 Å². The van der Waals surface area contributed by atoms with Gasteiger partial charge in [0.2, 0.25) is 0 Å². The molecule has 0 aromatic heterocycles. The van der Waals surface area contributed by atoms with E-state index in [4.69, 9.17) is 4.74 Å². The average Bonchev–Trinajstić information content (AvgIpc) is 2.58. The molecule has 2 aromatic carbocycles. The Bertz CT molecular complexity index is 521. The van der Waals surface area contributed by atoms with Crippen molar-refractivity contribution in [3.63, 3.8) is 0 Å². The van der Waals surface area contributed by atoms with Crippen molar-refractivity contribution in [1.29, 1.82) is 0 Å². The zero-order valence-electron chi connectivity index (χ0n) is 13.7. The molecule has 2 rings (SSSR count). The van der Waals surface area contributed by atoms with Crippen molar-refractivity contribution in [1.82, 2.24) is 5.32 Å². The fraction of sp³-hybridized carbons (Fsp3) is 0.400. The van der Waals surface area contributed by atoms with Gasteiger partial charge in [0.1, 0.15) is 5.75 Å². The van der Waals surface area contributed by atoms with E-state index in [0.29, 0.717) is 6.04 Å². The Labute approximate surface area is 134 Å². The van der Waals surface area contributed by atoms with Gasteiger partial charge in [0.25, 0.3) is 0 Å². The van der Waals surface area contributed by atoms with Gasteiger partial charge in [-0.25, -0.2) is 0 Å². The molecule has 0 heterocycles. The lowest BCUT2D eigenvalue weighted by molar-refractivity contribution is 0.317. The van der Waals surface area contributed by atoms with Crippen LogP contribution in [0.1, 0.15) is 43.9 Å². The van der Waals surface area contributed by atoms with Crippen molar-refractivity contribution < 1.29 is 4.74 Å². The second-order valence-electron chi connectivity index (χ2n) is 5.57. The van der Waals surface area contributed by atoms with Crippen LogP contribution in [0, 0.1) is 0 Å². The molecule has 0 fully saturated rings. The second kappa shape index (κ2) is 9.26. The topological polar surface area (TPSA) is 21.3 Å². The lowest BCUT2D eigenvalue weighted by Gasteiger charge is -2.18. The number of nitrogens with one attached hydrogen (secondary N) is 1. The maximum Gasteiger partial charge on any atom is 0.119 e. The van der Waals surface area contributed by atoms with Crippen molar-refractivity contribution in [2.24, 2.45) is 0 Å². The van der Waals surface area contributed by atoms with E-state index >= 15 is 0 Å². The summed E-state index contributed by atoms with van der Waals surface area (Å²) in [5.41, 5.74) is 2.72. The summed E-state index contributed by atoms with van der Waals surface area (Å²) in [4.78, 5) is 0. The molecular formula is C20H27NO. The summed E-state index contributed by atoms with van der Waals surface area (Å²) in [5.74, 6) is 0.963. The summed E-state index contributed by atoms with van der Waals surface area (Å²) in [6.45, 7) is 6.13. The Morgan fingerprint density at radius 3 is 2.32 bits per heavy atom. The zero-order valence-corrected chi connectivity index (χ0v) is 13.7. The summed E-state index contributed by atoms with van der Waals surface area (Å²) >= 11 is 0. The monoisotopic (exact) mass is 297 g/mol. The molecule has 1 N–H and O–H groups in total. The van der Waals surface area contributed by atoms with Gasteiger partial charge in [-0.15, -0.1) is 0 Å². The minimum Gasteiger partial charge on any atom is -0.494 e. The van der Waals surface area contributed by atoms with Crippen LogP contribution in [0.4, 0.5) is 0 Å². The summed E-state index contributed by atoms with van der Waals surface area (Å²) < 4.78 is 5.64. The van der Waals surface area contributed by atoms with Gasteiger partial charge in [-0.2, -0.15) is 0 Å². The molecule has 0 saturated heterocycles. The third-order valence-corrected chi connectivity index (χ3v) is 3.81. The first-order valence-electron chi connectivity index (χ1n) is 8.33. The Morgan fingerprint density at radius 1 is 0.955 bits per heavy atom. The van der Waals surface area contributed by atoms with Crippen LogP contribution < -0.4 is 10.1 Å². The van der Waals surface area contributed by atoms with E-state index in [1.54, 1.807) is 0 Å². The molecule has 2 nitrogen and oxygen atoms in total. The van der Waals surface area contributed by atoms with Crippen LogP contribution in [0.2, 0.25) is 0 Å². The molecule has 2 aromatic rings. The Hall–Kier alpha value is -1.80. The van der Waals surface area contributed by atoms with E-state index in [0.717, 1.165) is 38.2 Å². The fourth-order valence-corrected chi connectivity index (χ4v) is 2.55. The van der Waals surface area contributed by atoms with Crippen LogP contribution in [0.5, 0.6) is 5.75 Å². The van der Waals surface area contributed by atoms with Gasteiger partial charge < -0.3 is 10.1 Å². The maximum absolute atomic E-state index is 5.64. The minimum atomic E-state index is 0.406. The van der Waals surface area contributed by atoms with Crippen molar-refractivity contribution in [3.05, 3.63) is 65.7 Å². The van der Waals surface area contributed by atoms with E-state index in [2.05, 4.69) is 73.8 Å². The lowest BCUT2D eigenvalue weighted by Crippen LogP contribution is -2.23. The highest BCUT2D eigenvalue weighted by atomic mass is 16.5. The molecule has 0 aliphatic rings. The summed E-state index contributed by atoms with van der Waals surface area (Å²) in [5, 5.41) is 3.66. The van der Waals surface area contributed by atoms with Crippen molar-refractivity contribution >= 4 is 0 Å². The van der Waals surface area contributed by atoms with E-state index in [1.807, 2.05) is 0 Å². The van der Waals surface area contributed by atoms with Crippen molar-refractivity contribution in [3.8, 4) is 5.75 Å². The van der Waals surface area contributed by atoms with Crippen LogP contribution >= 0.6 is 0 Å². The molecule has 0 aliphatic carbocycles. The molecular weight excluding hydrogens is 270 g/mol. The number of ether oxygens (including phenoxy) is 1. The molecule has 0 radical (unpaired) electrons. The van der Waals surface area contributed by atoms with Gasteiger partial charge in [-0.05, 0) is 49.1 Å². The Balaban J connectivity index is 1.85. The molecule has 0 spiro atoms. The second-order valence-corrected chi connectivity index (χ2v) is 5.57. The molecule has 0 bridgehead atoms. The average molecular weight is 297 g/mol. The van der Waals surface area contributed by atoms with E-state index in [1.165, 1.54) is 11.1 Å². The van der Waals surface area contributed by atoms with Crippen molar-refractivity contribution in [2.75, 3.05) is 13.2 Å². The SMILES string of the molecule is CCCOc1ccc(C(CC)NCCc2ccccc2)cc1. The van der Waals surface area contributed by atoms with Gasteiger partial charge in [-0.1, -0.05) is 56.3 Å². The van der Waals surface area contributed by atoms with Gasteiger partial charge in [0.05, 0.1) is 6.61 Å². The number of benzene rings is 2. The summed E-state index contributed by atoms with van der Waals surface area (Å²) in [6.07, 6.45) is 3.19. The van der Waals surface area contributed by atoms with E-state index < -0.39 is 0 Å². The molecule has 1 atom stereocenters. The van der Waals surface area contributed by atoms with Gasteiger partial charge >= 0.3 is 0 Å². The summed E-state index contributed by atoms with van der Waals surface area (Å²) in [6, 6.07) is 19.5. The van der Waals surface area contributed by atoms with Crippen LogP contribution in [-0.2, 0) is 6.42 Å². The van der Waals surface area contributed by atoms with Gasteiger partial charge in [0, 0.05) is 6.04 Å². The number of hydrogen-bond acceptors (Lipinski definition) is 2. The highest BCUT2D eigenvalue weighted by Gasteiger charge is 2.08. The first-order valence-corrected chi connectivity index (χ1v) is 8.33. The van der Waals surface area contributed by atoms with E-state index in [9.17, 15) is 0 Å². The standard InChI is InChI=1S/C20H27NO/c1-3-16-22-19-12-10-18(11-13-19)20(4-2)21-15-14-17-8-6-5-7-9-17/h5-13,20-21H,3-4,14-16H2,1-2H3. The first-order chi connectivity index (χ1) is 10.8. The molecule has 0 saturated carbocycles. The van der Waals surface area contributed by atoms with Crippen LogP contribution in [0.25, 0.3) is 0 Å². The maximum atomic E-state index is 5.64. The predicted molar refractivity (Wildman–Crippen MR) is 93.4 cm³/mol. The molecule has 22 heavy (non-hydrogen) atoms. The van der Waals surface area contributed by atoms with Crippen LogP contribution in [0.3, 0.4) is 0 Å². The zero-order chi connectivity index (χ0) is 15.6. The lowest BCUT2D eigenvalue weighted by atomic mass is 10.0. The highest BCUT2D eigenvalue weighted by Crippen LogP contribution is 2.20. The fourth-order valence-electron chi connectivity index (χ4n) is 2.55. The van der Waals surface area contributed by atoms with E-state index in [-0.39, 0.29) is 0 Å². The minimum absolute atomic E-state index is 0.406. The molecule has 2 heteroatoms. The Kier molecular flexibility index (Phi) is 6.98. The largest absolute Gasteiger partial charge is 0.494 e. The summed E-state index contributed by atoms with van der Waals surface area (Å²) in [7, 11) is 0. The first kappa shape index (κ1) is 16.6. The van der Waals surface area contributed by atoms with Crippen LogP contribution in [0.15, 0.2) is 54.6 Å². The third-order valence-electron chi connectivity index (χ3n) is 3.81. The quantitative estimate of drug-likeness (QED) is 0.720. The third kappa shape index (κ3) is 5.19. The smallest absolute Gasteiger partial charge is 0.119 e. The van der Waals surface area contributed by atoms with Gasteiger partial charge in [0.15, 0.2) is 0 Å². The van der Waals surface area contributed by atoms with Gasteiger partial charge in [-0.3, -0.25) is 0 Å². The molecule has 0 aliphatic heterocycles. The number of rotatable bonds is 9. The Morgan fingerprint density at radius 2 is 1.68 bits per heavy atom. The van der Waals surface area contributed by atoms with Crippen molar-refractivity contribution in [2.45, 2.75) is 39.2 Å². The molecule has 118 valence electrons.